The third-order valence-electron chi connectivity index (χ3n) is 2.61. The van der Waals surface area contributed by atoms with Gasteiger partial charge in [0.15, 0.2) is 5.78 Å². The summed E-state index contributed by atoms with van der Waals surface area (Å²) in [6.07, 6.45) is 0.147. The first kappa shape index (κ1) is 12.6. The van der Waals surface area contributed by atoms with Gasteiger partial charge in [-0.2, -0.15) is 0 Å². The van der Waals surface area contributed by atoms with Gasteiger partial charge in [-0.15, -0.1) is 0 Å². The Morgan fingerprint density at radius 3 is 2.67 bits per heavy atom. The Kier molecular flexibility index (Phi) is 3.63. The van der Waals surface area contributed by atoms with Gasteiger partial charge in [-0.05, 0) is 29.8 Å². The number of ketones is 1. The van der Waals surface area contributed by atoms with Crippen LogP contribution in [0.1, 0.15) is 15.9 Å². The molecule has 0 fully saturated rings. The molecule has 0 aliphatic heterocycles. The van der Waals surface area contributed by atoms with Crippen molar-refractivity contribution >= 4 is 23.1 Å². The van der Waals surface area contributed by atoms with Crippen LogP contribution in [0.2, 0.25) is 5.02 Å². The largest absolute Gasteiger partial charge is 0.396 e. The molecule has 2 aromatic carbocycles. The summed E-state index contributed by atoms with van der Waals surface area (Å²) in [7, 11) is 0. The van der Waals surface area contributed by atoms with Crippen molar-refractivity contribution in [1.29, 1.82) is 0 Å². The number of carbonyl (C=O) groups excluding carboxylic acids is 1. The molecule has 2 nitrogen and oxygen atoms in total. The second kappa shape index (κ2) is 5.19. The number of halogens is 2. The van der Waals surface area contributed by atoms with Crippen molar-refractivity contribution in [3.05, 3.63) is 64.4 Å². The summed E-state index contributed by atoms with van der Waals surface area (Å²) in [4.78, 5) is 12.0. The molecule has 0 saturated heterocycles. The number of hydrogen-bond acceptors (Lipinski definition) is 2. The molecule has 0 aliphatic rings. The summed E-state index contributed by atoms with van der Waals surface area (Å²) in [5.41, 5.74) is 6.42. The summed E-state index contributed by atoms with van der Waals surface area (Å²) in [6.45, 7) is 0. The molecule has 2 rings (SSSR count). The smallest absolute Gasteiger partial charge is 0.169 e. The zero-order chi connectivity index (χ0) is 13.1. The molecule has 0 radical (unpaired) electrons. The van der Waals surface area contributed by atoms with Crippen LogP contribution in [0, 0.1) is 5.82 Å². The number of hydrogen-bond donors (Lipinski definition) is 1. The Morgan fingerprint density at radius 1 is 1.22 bits per heavy atom. The highest BCUT2D eigenvalue weighted by Gasteiger charge is 2.13. The van der Waals surface area contributed by atoms with E-state index in [2.05, 4.69) is 0 Å². The van der Waals surface area contributed by atoms with E-state index in [1.807, 2.05) is 0 Å². The van der Waals surface area contributed by atoms with E-state index in [0.717, 1.165) is 5.56 Å². The molecule has 0 atom stereocenters. The van der Waals surface area contributed by atoms with Gasteiger partial charge < -0.3 is 5.73 Å². The summed E-state index contributed by atoms with van der Waals surface area (Å²) in [6, 6.07) is 11.2. The second-order valence-electron chi connectivity index (χ2n) is 3.93. The molecule has 0 bridgehead atoms. The van der Waals surface area contributed by atoms with Crippen molar-refractivity contribution in [2.24, 2.45) is 0 Å². The van der Waals surface area contributed by atoms with Crippen LogP contribution in [0.3, 0.4) is 0 Å². The molecule has 0 aromatic heterocycles. The minimum Gasteiger partial charge on any atom is -0.396 e. The van der Waals surface area contributed by atoms with E-state index in [1.54, 1.807) is 24.3 Å². The van der Waals surface area contributed by atoms with Crippen LogP contribution in [0.15, 0.2) is 42.5 Å². The third-order valence-corrected chi connectivity index (χ3v) is 2.84. The summed E-state index contributed by atoms with van der Waals surface area (Å²) < 4.78 is 13.2. The fourth-order valence-electron chi connectivity index (χ4n) is 1.71. The van der Waals surface area contributed by atoms with Crippen molar-refractivity contribution < 1.29 is 9.18 Å². The Hall–Kier alpha value is -1.87. The Bertz CT molecular complexity index is 598. The minimum absolute atomic E-state index is 0.107. The fourth-order valence-corrected chi connectivity index (χ4v) is 1.92. The molecule has 0 aliphatic carbocycles. The van der Waals surface area contributed by atoms with Gasteiger partial charge in [0.2, 0.25) is 0 Å². The molecule has 2 N–H and O–H groups in total. The number of Topliss-reactive ketones (excluding diaryl/α,β-unsaturated/α-hetero) is 1. The Balaban J connectivity index is 2.25. The molecule has 0 saturated carbocycles. The lowest BCUT2D eigenvalue weighted by Gasteiger charge is -2.06. The predicted octanol–water partition coefficient (Wildman–Crippen LogP) is 3.49. The van der Waals surface area contributed by atoms with Gasteiger partial charge in [0.1, 0.15) is 5.82 Å². The minimum atomic E-state index is -0.577. The predicted molar refractivity (Wildman–Crippen MR) is 70.3 cm³/mol. The number of nitrogen functional groups attached to an aromatic ring is 1. The lowest BCUT2D eigenvalue weighted by Crippen LogP contribution is -2.08. The SMILES string of the molecule is Nc1c(F)cccc1C(=O)Cc1cccc(Cl)c1. The molecule has 0 spiro atoms. The number of para-hydroxylation sites is 1. The van der Waals surface area contributed by atoms with E-state index in [0.29, 0.717) is 5.02 Å². The zero-order valence-electron chi connectivity index (χ0n) is 9.49. The lowest BCUT2D eigenvalue weighted by molar-refractivity contribution is 0.0993. The highest BCUT2D eigenvalue weighted by molar-refractivity contribution is 6.30. The number of nitrogens with two attached hydrogens (primary N) is 1. The topological polar surface area (TPSA) is 43.1 Å². The summed E-state index contributed by atoms with van der Waals surface area (Å²) >= 11 is 5.83. The van der Waals surface area contributed by atoms with Gasteiger partial charge in [-0.25, -0.2) is 4.39 Å². The van der Waals surface area contributed by atoms with Crippen LogP contribution >= 0.6 is 11.6 Å². The van der Waals surface area contributed by atoms with E-state index >= 15 is 0 Å². The average molecular weight is 264 g/mol. The van der Waals surface area contributed by atoms with Crippen LogP contribution in [0.5, 0.6) is 0 Å². The summed E-state index contributed by atoms with van der Waals surface area (Å²) in [5.74, 6) is -0.804. The molecule has 18 heavy (non-hydrogen) atoms. The van der Waals surface area contributed by atoms with Crippen LogP contribution in [-0.4, -0.2) is 5.78 Å². The van der Waals surface area contributed by atoms with E-state index in [9.17, 15) is 9.18 Å². The fraction of sp³-hybridized carbons (Fsp3) is 0.0714. The number of benzene rings is 2. The quantitative estimate of drug-likeness (QED) is 0.680. The van der Waals surface area contributed by atoms with Crippen molar-refractivity contribution in [2.45, 2.75) is 6.42 Å². The standard InChI is InChI=1S/C14H11ClFNO/c15-10-4-1-3-9(7-10)8-13(18)11-5-2-6-12(16)14(11)17/h1-7H,8,17H2. The average Bonchev–Trinajstić information content (AvgIpc) is 2.32. The van der Waals surface area contributed by atoms with Gasteiger partial charge >= 0.3 is 0 Å². The van der Waals surface area contributed by atoms with Crippen LogP contribution < -0.4 is 5.73 Å². The van der Waals surface area contributed by atoms with Gasteiger partial charge in [-0.3, -0.25) is 4.79 Å². The van der Waals surface area contributed by atoms with Crippen molar-refractivity contribution in [3.63, 3.8) is 0 Å². The lowest BCUT2D eigenvalue weighted by atomic mass is 10.0. The number of anilines is 1. The molecule has 4 heteroatoms. The highest BCUT2D eigenvalue weighted by atomic mass is 35.5. The monoisotopic (exact) mass is 263 g/mol. The van der Waals surface area contributed by atoms with Crippen molar-refractivity contribution in [2.75, 3.05) is 5.73 Å². The molecule has 2 aromatic rings. The molecular weight excluding hydrogens is 253 g/mol. The highest BCUT2D eigenvalue weighted by Crippen LogP contribution is 2.19. The first-order valence-electron chi connectivity index (χ1n) is 5.39. The van der Waals surface area contributed by atoms with Crippen LogP contribution in [-0.2, 0) is 6.42 Å². The van der Waals surface area contributed by atoms with Crippen molar-refractivity contribution in [1.82, 2.24) is 0 Å². The van der Waals surface area contributed by atoms with Gasteiger partial charge in [0.05, 0.1) is 5.69 Å². The van der Waals surface area contributed by atoms with E-state index < -0.39 is 5.82 Å². The second-order valence-corrected chi connectivity index (χ2v) is 4.37. The van der Waals surface area contributed by atoms with Gasteiger partial charge in [-0.1, -0.05) is 29.8 Å². The molecule has 0 unspecified atom stereocenters. The van der Waals surface area contributed by atoms with Crippen molar-refractivity contribution in [3.8, 4) is 0 Å². The third kappa shape index (κ3) is 2.68. The molecular formula is C14H11ClFNO. The molecule has 92 valence electrons. The first-order chi connectivity index (χ1) is 8.58. The van der Waals surface area contributed by atoms with Gasteiger partial charge in [0, 0.05) is 17.0 Å². The Labute approximate surface area is 109 Å². The Morgan fingerprint density at radius 2 is 1.94 bits per heavy atom. The zero-order valence-corrected chi connectivity index (χ0v) is 10.2. The van der Waals surface area contributed by atoms with E-state index in [1.165, 1.54) is 18.2 Å². The maximum atomic E-state index is 13.2. The molecule has 0 heterocycles. The van der Waals surface area contributed by atoms with Crippen LogP contribution in [0.25, 0.3) is 0 Å². The maximum Gasteiger partial charge on any atom is 0.169 e. The van der Waals surface area contributed by atoms with E-state index in [4.69, 9.17) is 17.3 Å². The van der Waals surface area contributed by atoms with Crippen LogP contribution in [0.4, 0.5) is 10.1 Å². The maximum absolute atomic E-state index is 13.2. The van der Waals surface area contributed by atoms with Gasteiger partial charge in [0.25, 0.3) is 0 Å². The number of rotatable bonds is 3. The summed E-state index contributed by atoms with van der Waals surface area (Å²) in [5, 5.41) is 0.563. The first-order valence-corrected chi connectivity index (χ1v) is 5.77. The van der Waals surface area contributed by atoms with E-state index in [-0.39, 0.29) is 23.5 Å². The molecule has 0 amide bonds. The number of carbonyl (C=O) groups is 1. The normalized spacial score (nSPS) is 10.3.